The summed E-state index contributed by atoms with van der Waals surface area (Å²) in [4.78, 5) is 63.2. The summed E-state index contributed by atoms with van der Waals surface area (Å²) in [7, 11) is -4.42. The molecule has 40 heavy (non-hydrogen) atoms. The molecule has 4 rings (SSSR count). The third kappa shape index (κ3) is 5.94. The summed E-state index contributed by atoms with van der Waals surface area (Å²) in [5, 5.41) is 0. The van der Waals surface area contributed by atoms with Crippen LogP contribution in [0, 0.1) is 10.8 Å². The Kier molecular flexibility index (Phi) is 7.66. The van der Waals surface area contributed by atoms with Crippen LogP contribution in [0.2, 0.25) is 0 Å². The Hall–Kier alpha value is -3.59. The van der Waals surface area contributed by atoms with E-state index >= 15 is 0 Å². The SMILES string of the molecule is CC(C)(C)C(=O)O[C@@H]1[C@H](OC(=O)C(C)(C)C)[C@@H](COP(=O)(O)n2ccnc2)O[C@H]1n1cnc2c(=O)[nH]c(N)nc21. The Morgan fingerprint density at radius 3 is 2.33 bits per heavy atom. The average molecular weight is 582 g/mol. The Labute approximate surface area is 228 Å². The maximum Gasteiger partial charge on any atom is 0.437 e. The summed E-state index contributed by atoms with van der Waals surface area (Å²) in [6.07, 6.45) is -0.180. The van der Waals surface area contributed by atoms with Crippen LogP contribution in [0.25, 0.3) is 11.2 Å². The largest absolute Gasteiger partial charge is 0.455 e. The van der Waals surface area contributed by atoms with Crippen molar-refractivity contribution in [3.8, 4) is 0 Å². The highest BCUT2D eigenvalue weighted by molar-refractivity contribution is 7.51. The van der Waals surface area contributed by atoms with Gasteiger partial charge >= 0.3 is 19.7 Å². The van der Waals surface area contributed by atoms with Gasteiger partial charge in [0.25, 0.3) is 5.56 Å². The molecule has 0 bridgehead atoms. The number of anilines is 1. The molecule has 0 aliphatic carbocycles. The van der Waals surface area contributed by atoms with E-state index in [0.717, 1.165) is 10.7 Å². The maximum atomic E-state index is 13.1. The van der Waals surface area contributed by atoms with Gasteiger partial charge in [0, 0.05) is 12.4 Å². The van der Waals surface area contributed by atoms with Crippen molar-refractivity contribution in [2.75, 3.05) is 12.3 Å². The smallest absolute Gasteiger partial charge is 0.437 e. The Bertz CT molecular complexity index is 1500. The predicted octanol–water partition coefficient (Wildman–Crippen LogP) is 1.38. The molecule has 17 heteroatoms. The van der Waals surface area contributed by atoms with Gasteiger partial charge in [-0.2, -0.15) is 4.98 Å². The number of aromatic nitrogens is 6. The number of carbonyl (C=O) groups is 2. The first-order valence-corrected chi connectivity index (χ1v) is 13.8. The molecule has 218 valence electrons. The third-order valence-corrected chi connectivity index (χ3v) is 7.22. The standard InChI is InChI=1S/C23H32N7O9P/c1-22(2,3)19(32)38-14-12(9-36-40(34,35)29-8-7-25-10-29)37-18(15(14)39-20(33)23(4,5)6)30-11-26-13-16(30)27-21(24)28-17(13)31/h7-8,10-12,14-15,18H,9H2,1-6H3,(H,34,35)(H3,24,27,28,31)/t12-,14-,15-,18-/m1/s1. The fraction of sp³-hybridized carbons (Fsp3) is 0.565. The van der Waals surface area contributed by atoms with Gasteiger partial charge in [0.1, 0.15) is 12.4 Å². The molecule has 0 radical (unpaired) electrons. The molecule has 3 aromatic rings. The normalized spacial score (nSPS) is 23.2. The maximum absolute atomic E-state index is 13.1. The van der Waals surface area contributed by atoms with Crippen LogP contribution in [0.1, 0.15) is 47.8 Å². The van der Waals surface area contributed by atoms with E-state index < -0.39 is 67.2 Å². The highest BCUT2D eigenvalue weighted by Crippen LogP contribution is 2.45. The summed E-state index contributed by atoms with van der Waals surface area (Å²) in [6.45, 7) is 9.25. The first kappa shape index (κ1) is 29.4. The van der Waals surface area contributed by atoms with Crippen LogP contribution >= 0.6 is 7.75 Å². The lowest BCUT2D eigenvalue weighted by Crippen LogP contribution is -2.44. The summed E-state index contributed by atoms with van der Waals surface area (Å²) in [5.41, 5.74) is 3.15. The van der Waals surface area contributed by atoms with Gasteiger partial charge in [-0.1, -0.05) is 0 Å². The molecule has 5 atom stereocenters. The van der Waals surface area contributed by atoms with E-state index in [2.05, 4.69) is 19.9 Å². The van der Waals surface area contributed by atoms with E-state index in [-0.39, 0.29) is 17.1 Å². The number of nitrogens with zero attached hydrogens (tertiary/aromatic N) is 5. The van der Waals surface area contributed by atoms with Crippen molar-refractivity contribution in [3.63, 3.8) is 0 Å². The molecule has 0 amide bonds. The number of nitrogens with one attached hydrogen (secondary N) is 1. The number of carbonyl (C=O) groups excluding carboxylic acids is 2. The topological polar surface area (TPSA) is 216 Å². The molecular formula is C23H32N7O9P. The molecule has 3 aromatic heterocycles. The fourth-order valence-corrected chi connectivity index (χ4v) is 4.60. The van der Waals surface area contributed by atoms with Crippen molar-refractivity contribution in [2.24, 2.45) is 10.8 Å². The number of hydrogen-bond acceptors (Lipinski definition) is 12. The molecule has 1 unspecified atom stereocenters. The number of aromatic amines is 1. The molecule has 1 aliphatic heterocycles. The zero-order chi connectivity index (χ0) is 29.6. The Morgan fingerprint density at radius 1 is 1.12 bits per heavy atom. The van der Waals surface area contributed by atoms with Crippen LogP contribution in [0.3, 0.4) is 0 Å². The minimum Gasteiger partial charge on any atom is -0.455 e. The number of rotatable bonds is 7. The summed E-state index contributed by atoms with van der Waals surface area (Å²) < 4.78 is 38.1. The second-order valence-electron chi connectivity index (χ2n) is 11.3. The van der Waals surface area contributed by atoms with Crippen LogP contribution in [0.5, 0.6) is 0 Å². The van der Waals surface area contributed by atoms with Crippen LogP contribution in [-0.4, -0.2) is 70.6 Å². The average Bonchev–Trinajstić information content (AvgIpc) is 3.57. The molecule has 4 N–H and O–H groups in total. The zero-order valence-corrected chi connectivity index (χ0v) is 23.7. The number of esters is 2. The molecule has 16 nitrogen and oxygen atoms in total. The second-order valence-corrected chi connectivity index (χ2v) is 13.0. The number of fused-ring (bicyclic) bond motifs is 1. The first-order chi connectivity index (χ1) is 18.5. The highest BCUT2D eigenvalue weighted by Gasteiger charge is 2.53. The summed E-state index contributed by atoms with van der Waals surface area (Å²) in [6, 6.07) is 0. The molecule has 1 saturated heterocycles. The van der Waals surface area contributed by atoms with Crippen molar-refractivity contribution in [1.82, 2.24) is 28.8 Å². The Balaban J connectivity index is 1.78. The van der Waals surface area contributed by atoms with E-state index in [1.807, 2.05) is 0 Å². The fourth-order valence-electron chi connectivity index (χ4n) is 3.70. The van der Waals surface area contributed by atoms with Crippen LogP contribution < -0.4 is 11.3 Å². The molecule has 1 fully saturated rings. The van der Waals surface area contributed by atoms with E-state index in [1.165, 1.54) is 23.3 Å². The lowest BCUT2D eigenvalue weighted by Gasteiger charge is -2.29. The second kappa shape index (κ2) is 10.4. The lowest BCUT2D eigenvalue weighted by atomic mass is 9.96. The molecule has 1 aliphatic rings. The molecule has 0 aromatic carbocycles. The quantitative estimate of drug-likeness (QED) is 0.266. The molecule has 4 heterocycles. The van der Waals surface area contributed by atoms with Crippen molar-refractivity contribution < 1.29 is 37.8 Å². The number of nitrogens with two attached hydrogens (primary N) is 1. The number of H-pyrrole nitrogens is 1. The van der Waals surface area contributed by atoms with Crippen LogP contribution in [-0.2, 0) is 32.9 Å². The predicted molar refractivity (Wildman–Crippen MR) is 139 cm³/mol. The molecule has 0 saturated carbocycles. The Morgan fingerprint density at radius 2 is 1.75 bits per heavy atom. The number of imidazole rings is 2. The summed E-state index contributed by atoms with van der Waals surface area (Å²) in [5.74, 6) is -1.50. The van der Waals surface area contributed by atoms with Gasteiger partial charge in [0.2, 0.25) is 5.95 Å². The van der Waals surface area contributed by atoms with Crippen LogP contribution in [0.4, 0.5) is 5.95 Å². The van der Waals surface area contributed by atoms with Gasteiger partial charge < -0.3 is 24.8 Å². The van der Waals surface area contributed by atoms with Crippen molar-refractivity contribution in [2.45, 2.75) is 66.1 Å². The van der Waals surface area contributed by atoms with Crippen molar-refractivity contribution in [3.05, 3.63) is 35.4 Å². The van der Waals surface area contributed by atoms with Crippen molar-refractivity contribution >= 4 is 36.8 Å². The van der Waals surface area contributed by atoms with E-state index in [9.17, 15) is 23.8 Å². The van der Waals surface area contributed by atoms with Gasteiger partial charge in [0.15, 0.2) is 29.6 Å². The van der Waals surface area contributed by atoms with Crippen LogP contribution in [0.15, 0.2) is 29.8 Å². The number of nitrogen functional groups attached to an aromatic ring is 1. The molecule has 0 spiro atoms. The van der Waals surface area contributed by atoms with Gasteiger partial charge in [-0.05, 0) is 41.5 Å². The summed E-state index contributed by atoms with van der Waals surface area (Å²) >= 11 is 0. The van der Waals surface area contributed by atoms with E-state index in [4.69, 9.17) is 24.5 Å². The van der Waals surface area contributed by atoms with Gasteiger partial charge in [0.05, 0.1) is 23.8 Å². The van der Waals surface area contributed by atoms with Gasteiger partial charge in [-0.15, -0.1) is 0 Å². The monoisotopic (exact) mass is 581 g/mol. The van der Waals surface area contributed by atoms with Gasteiger partial charge in [-0.25, -0.2) is 18.9 Å². The van der Waals surface area contributed by atoms with Crippen molar-refractivity contribution in [1.29, 1.82) is 0 Å². The highest BCUT2D eigenvalue weighted by atomic mass is 31.2. The zero-order valence-electron chi connectivity index (χ0n) is 22.8. The minimum atomic E-state index is -4.42. The van der Waals surface area contributed by atoms with E-state index in [1.54, 1.807) is 41.5 Å². The molecular weight excluding hydrogens is 549 g/mol. The lowest BCUT2D eigenvalue weighted by molar-refractivity contribution is -0.178. The third-order valence-electron chi connectivity index (χ3n) is 5.91. The minimum absolute atomic E-state index is 0.0109. The number of hydrogen-bond donors (Lipinski definition) is 3. The van der Waals surface area contributed by atoms with E-state index in [0.29, 0.717) is 0 Å². The van der Waals surface area contributed by atoms with Gasteiger partial charge in [-0.3, -0.25) is 28.5 Å². The first-order valence-electron chi connectivity index (χ1n) is 12.2. The number of ether oxygens (including phenoxy) is 3.